The van der Waals surface area contributed by atoms with Crippen LogP contribution in [0.3, 0.4) is 0 Å². The van der Waals surface area contributed by atoms with Crippen LogP contribution in [0.15, 0.2) is 15.8 Å². The summed E-state index contributed by atoms with van der Waals surface area (Å²) in [6, 6.07) is 0. The summed E-state index contributed by atoms with van der Waals surface area (Å²) in [6.45, 7) is 3.17. The minimum atomic E-state index is -0.547. The van der Waals surface area contributed by atoms with Crippen molar-refractivity contribution in [3.05, 3.63) is 10.9 Å². The summed E-state index contributed by atoms with van der Waals surface area (Å²) < 4.78 is 0. The minimum Gasteiger partial charge on any atom is -0.388 e. The molecule has 1 saturated carbocycles. The summed E-state index contributed by atoms with van der Waals surface area (Å²) in [7, 11) is 0. The van der Waals surface area contributed by atoms with Gasteiger partial charge in [-0.2, -0.15) is 0 Å². The van der Waals surface area contributed by atoms with Gasteiger partial charge in [0.2, 0.25) is 0 Å². The van der Waals surface area contributed by atoms with Crippen molar-refractivity contribution in [3.8, 4) is 0 Å². The molecule has 3 aliphatic rings. The van der Waals surface area contributed by atoms with E-state index in [2.05, 4.69) is 20.5 Å². The molecule has 5 nitrogen and oxygen atoms in total. The highest BCUT2D eigenvalue weighted by molar-refractivity contribution is 6.43. The Morgan fingerprint density at radius 2 is 2.05 bits per heavy atom. The Labute approximate surface area is 118 Å². The average Bonchev–Trinajstić information content (AvgIpc) is 2.89. The average molecular weight is 285 g/mol. The van der Waals surface area contributed by atoms with E-state index in [-0.39, 0.29) is 0 Å². The van der Waals surface area contributed by atoms with E-state index < -0.39 is 5.60 Å². The van der Waals surface area contributed by atoms with Crippen LogP contribution in [-0.2, 0) is 0 Å². The molecule has 106 valence electrons. The van der Waals surface area contributed by atoms with E-state index in [0.717, 1.165) is 44.0 Å². The van der Waals surface area contributed by atoms with Gasteiger partial charge in [-0.25, -0.2) is 4.99 Å². The standard InChI is InChI=1S/C13H21ClN4O/c14-10-11(15-8-13(19)4-3-5-13)16-9-17-12(10)18-6-1-2-7-18/h15-16,19H,1-9H2. The molecule has 0 amide bonds. The second kappa shape index (κ2) is 5.21. The topological polar surface area (TPSA) is 59.9 Å². The molecule has 0 atom stereocenters. The van der Waals surface area contributed by atoms with Crippen molar-refractivity contribution < 1.29 is 5.11 Å². The van der Waals surface area contributed by atoms with Gasteiger partial charge in [0.05, 0.1) is 5.60 Å². The van der Waals surface area contributed by atoms with Crippen LogP contribution in [0.1, 0.15) is 32.1 Å². The van der Waals surface area contributed by atoms with Crippen molar-refractivity contribution in [1.29, 1.82) is 0 Å². The number of amidine groups is 1. The number of likely N-dealkylation sites (tertiary alicyclic amines) is 1. The van der Waals surface area contributed by atoms with E-state index >= 15 is 0 Å². The van der Waals surface area contributed by atoms with Gasteiger partial charge in [0.1, 0.15) is 23.4 Å². The normalized spacial score (nSPS) is 25.8. The summed E-state index contributed by atoms with van der Waals surface area (Å²) in [5.41, 5.74) is -0.547. The Bertz CT molecular complexity index is 411. The molecule has 0 aromatic heterocycles. The molecule has 0 radical (unpaired) electrons. The SMILES string of the molecule is OC1(CNC2=C(Cl)C(N3CCCC3)=NCN2)CCC1. The molecule has 1 aliphatic carbocycles. The third-order valence-electron chi connectivity index (χ3n) is 4.18. The van der Waals surface area contributed by atoms with Gasteiger partial charge in [-0.05, 0) is 32.1 Å². The quantitative estimate of drug-likeness (QED) is 0.722. The van der Waals surface area contributed by atoms with E-state index in [9.17, 15) is 5.11 Å². The fraction of sp³-hybridized carbons (Fsp3) is 0.769. The van der Waals surface area contributed by atoms with Crippen LogP contribution < -0.4 is 10.6 Å². The van der Waals surface area contributed by atoms with E-state index in [1.807, 2.05) is 0 Å². The van der Waals surface area contributed by atoms with Crippen LogP contribution in [0.4, 0.5) is 0 Å². The van der Waals surface area contributed by atoms with Crippen LogP contribution in [-0.4, -0.2) is 47.7 Å². The van der Waals surface area contributed by atoms with Crippen LogP contribution >= 0.6 is 11.6 Å². The first kappa shape index (κ1) is 13.1. The third-order valence-corrected chi connectivity index (χ3v) is 4.54. The molecule has 2 aliphatic heterocycles. The van der Waals surface area contributed by atoms with E-state index in [1.54, 1.807) is 0 Å². The van der Waals surface area contributed by atoms with Crippen molar-refractivity contribution in [1.82, 2.24) is 15.5 Å². The smallest absolute Gasteiger partial charge is 0.148 e. The van der Waals surface area contributed by atoms with E-state index in [4.69, 9.17) is 11.6 Å². The predicted octanol–water partition coefficient (Wildman–Crippen LogP) is 0.954. The number of nitrogens with zero attached hydrogens (tertiary/aromatic N) is 2. The summed E-state index contributed by atoms with van der Waals surface area (Å²) in [5, 5.41) is 17.2. The van der Waals surface area contributed by atoms with Gasteiger partial charge < -0.3 is 20.6 Å². The molecular weight excluding hydrogens is 264 g/mol. The Morgan fingerprint density at radius 1 is 1.32 bits per heavy atom. The first-order valence-electron chi connectivity index (χ1n) is 7.08. The zero-order chi connectivity index (χ0) is 13.3. The molecule has 0 aromatic carbocycles. The van der Waals surface area contributed by atoms with Crippen LogP contribution in [0.25, 0.3) is 0 Å². The highest BCUT2D eigenvalue weighted by Gasteiger charge is 2.34. The van der Waals surface area contributed by atoms with E-state index in [1.165, 1.54) is 12.8 Å². The van der Waals surface area contributed by atoms with Gasteiger partial charge in [0.15, 0.2) is 0 Å². The van der Waals surface area contributed by atoms with Gasteiger partial charge >= 0.3 is 0 Å². The molecule has 2 heterocycles. The first-order chi connectivity index (χ1) is 9.18. The summed E-state index contributed by atoms with van der Waals surface area (Å²) in [5.74, 6) is 1.69. The molecule has 1 saturated heterocycles. The van der Waals surface area contributed by atoms with Crippen molar-refractivity contribution in [3.63, 3.8) is 0 Å². The van der Waals surface area contributed by atoms with Gasteiger partial charge in [-0.3, -0.25) is 0 Å². The second-order valence-corrected chi connectivity index (χ2v) is 6.01. The number of aliphatic hydroxyl groups is 1. The maximum absolute atomic E-state index is 10.1. The Hall–Kier alpha value is -0.940. The Balaban J connectivity index is 1.65. The lowest BCUT2D eigenvalue weighted by molar-refractivity contribution is -0.0297. The molecule has 2 fully saturated rings. The van der Waals surface area contributed by atoms with Gasteiger partial charge in [0.25, 0.3) is 0 Å². The summed E-state index contributed by atoms with van der Waals surface area (Å²) >= 11 is 6.42. The maximum Gasteiger partial charge on any atom is 0.148 e. The van der Waals surface area contributed by atoms with Crippen molar-refractivity contribution in [2.75, 3.05) is 26.3 Å². The molecule has 0 bridgehead atoms. The first-order valence-corrected chi connectivity index (χ1v) is 7.45. The monoisotopic (exact) mass is 284 g/mol. The molecule has 19 heavy (non-hydrogen) atoms. The second-order valence-electron chi connectivity index (χ2n) is 5.63. The number of halogens is 1. The van der Waals surface area contributed by atoms with Crippen LogP contribution in [0.2, 0.25) is 0 Å². The highest BCUT2D eigenvalue weighted by Crippen LogP contribution is 2.31. The number of nitrogens with one attached hydrogen (secondary N) is 2. The van der Waals surface area contributed by atoms with Gasteiger partial charge in [-0.15, -0.1) is 0 Å². The van der Waals surface area contributed by atoms with Crippen molar-refractivity contribution >= 4 is 17.4 Å². The number of rotatable bonds is 3. The lowest BCUT2D eigenvalue weighted by atomic mass is 9.80. The third kappa shape index (κ3) is 2.67. The minimum absolute atomic E-state index is 0.544. The Kier molecular flexibility index (Phi) is 3.58. The molecule has 6 heteroatoms. The fourth-order valence-electron chi connectivity index (χ4n) is 2.77. The Morgan fingerprint density at radius 3 is 2.68 bits per heavy atom. The molecule has 0 aromatic rings. The van der Waals surface area contributed by atoms with Crippen LogP contribution in [0, 0.1) is 0 Å². The number of hydrogen-bond donors (Lipinski definition) is 3. The number of aliphatic imine (C=N–C) groups is 1. The molecule has 0 unspecified atom stereocenters. The van der Waals surface area contributed by atoms with Gasteiger partial charge in [-0.1, -0.05) is 11.6 Å². The summed E-state index contributed by atoms with van der Waals surface area (Å²) in [6.07, 6.45) is 5.27. The van der Waals surface area contributed by atoms with Crippen molar-refractivity contribution in [2.45, 2.75) is 37.7 Å². The largest absolute Gasteiger partial charge is 0.388 e. The fourth-order valence-corrected chi connectivity index (χ4v) is 3.09. The summed E-state index contributed by atoms with van der Waals surface area (Å²) in [4.78, 5) is 6.70. The van der Waals surface area contributed by atoms with Gasteiger partial charge in [0, 0.05) is 19.6 Å². The molecule has 3 rings (SSSR count). The molecular formula is C13H21ClN4O. The predicted molar refractivity (Wildman–Crippen MR) is 75.9 cm³/mol. The zero-order valence-corrected chi connectivity index (χ0v) is 11.8. The lowest BCUT2D eigenvalue weighted by Gasteiger charge is -2.37. The number of hydrogen-bond acceptors (Lipinski definition) is 5. The van der Waals surface area contributed by atoms with Crippen molar-refractivity contribution in [2.24, 2.45) is 4.99 Å². The maximum atomic E-state index is 10.1. The zero-order valence-electron chi connectivity index (χ0n) is 11.1. The van der Waals surface area contributed by atoms with E-state index in [0.29, 0.717) is 18.2 Å². The van der Waals surface area contributed by atoms with Crippen LogP contribution in [0.5, 0.6) is 0 Å². The molecule has 3 N–H and O–H groups in total. The molecule has 0 spiro atoms. The lowest BCUT2D eigenvalue weighted by Crippen LogP contribution is -2.48. The highest BCUT2D eigenvalue weighted by atomic mass is 35.5.